The Morgan fingerprint density at radius 2 is 1.64 bits per heavy atom. The van der Waals surface area contributed by atoms with Crippen LogP contribution in [-0.2, 0) is 4.74 Å². The zero-order valence-electron chi connectivity index (χ0n) is 15.3. The van der Waals surface area contributed by atoms with E-state index in [2.05, 4.69) is 9.97 Å². The molecule has 0 aliphatic rings. The highest BCUT2D eigenvalue weighted by atomic mass is 16.5. The first-order chi connectivity index (χ1) is 13.6. The van der Waals surface area contributed by atoms with Crippen LogP contribution in [0.4, 0.5) is 0 Å². The van der Waals surface area contributed by atoms with Crippen molar-refractivity contribution in [2.45, 2.75) is 6.92 Å². The van der Waals surface area contributed by atoms with Gasteiger partial charge in [0.25, 0.3) is 0 Å². The van der Waals surface area contributed by atoms with Crippen molar-refractivity contribution in [3.05, 3.63) is 89.5 Å². The minimum Gasteiger partial charge on any atom is -0.454 e. The number of esters is 1. The van der Waals surface area contributed by atoms with Crippen molar-refractivity contribution in [3.63, 3.8) is 0 Å². The van der Waals surface area contributed by atoms with Crippen molar-refractivity contribution in [2.75, 3.05) is 6.61 Å². The molecule has 0 amide bonds. The number of hydrogen-bond donors (Lipinski definition) is 1. The lowest BCUT2D eigenvalue weighted by Crippen LogP contribution is -2.14. The molecule has 5 heteroatoms. The van der Waals surface area contributed by atoms with Gasteiger partial charge in [0.2, 0.25) is 0 Å². The minimum atomic E-state index is -0.543. The van der Waals surface area contributed by atoms with Gasteiger partial charge in [0.05, 0.1) is 16.6 Å². The molecule has 0 atom stereocenters. The van der Waals surface area contributed by atoms with Crippen LogP contribution in [0.15, 0.2) is 72.8 Å². The number of hydrogen-bond acceptors (Lipinski definition) is 4. The number of ketones is 1. The predicted octanol–water partition coefficient (Wildman–Crippen LogP) is 4.58. The number of Topliss-reactive ketones (excluding diaryl/α,β-unsaturated/α-hetero) is 1. The Morgan fingerprint density at radius 3 is 2.39 bits per heavy atom. The number of benzene rings is 3. The third-order valence-electron chi connectivity index (χ3n) is 4.47. The van der Waals surface area contributed by atoms with Crippen molar-refractivity contribution >= 4 is 22.8 Å². The zero-order chi connectivity index (χ0) is 19.5. The number of carbonyl (C=O) groups is 2. The molecule has 4 aromatic rings. The van der Waals surface area contributed by atoms with Crippen LogP contribution in [0.5, 0.6) is 0 Å². The Labute approximate surface area is 162 Å². The van der Waals surface area contributed by atoms with Gasteiger partial charge in [-0.15, -0.1) is 0 Å². The molecule has 4 rings (SSSR count). The van der Waals surface area contributed by atoms with E-state index in [9.17, 15) is 9.59 Å². The molecule has 0 unspecified atom stereocenters. The fourth-order valence-corrected chi connectivity index (χ4v) is 2.91. The smallest absolute Gasteiger partial charge is 0.338 e. The summed E-state index contributed by atoms with van der Waals surface area (Å²) in [5, 5.41) is 0. The molecule has 0 bridgehead atoms. The second-order valence-corrected chi connectivity index (χ2v) is 6.55. The summed E-state index contributed by atoms with van der Waals surface area (Å²) in [6.07, 6.45) is 0. The number of H-pyrrole nitrogens is 1. The quantitative estimate of drug-likeness (QED) is 0.412. The summed E-state index contributed by atoms with van der Waals surface area (Å²) in [6.45, 7) is 1.65. The van der Waals surface area contributed by atoms with Crippen LogP contribution in [0.1, 0.15) is 26.3 Å². The van der Waals surface area contributed by atoms with Crippen LogP contribution < -0.4 is 0 Å². The van der Waals surface area contributed by atoms with Crippen LogP contribution in [0, 0.1) is 6.92 Å². The Bertz CT molecular complexity index is 1150. The Hall–Kier alpha value is -3.73. The van der Waals surface area contributed by atoms with Gasteiger partial charge in [-0.3, -0.25) is 4.79 Å². The van der Waals surface area contributed by atoms with E-state index in [0.29, 0.717) is 11.1 Å². The molecule has 1 N–H and O–H groups in total. The molecule has 0 fully saturated rings. The molecule has 0 radical (unpaired) electrons. The molecule has 0 spiro atoms. The van der Waals surface area contributed by atoms with Gasteiger partial charge in [-0.25, -0.2) is 9.78 Å². The molecular formula is C23H18N2O3. The van der Waals surface area contributed by atoms with Crippen LogP contribution in [0.25, 0.3) is 22.4 Å². The topological polar surface area (TPSA) is 72.1 Å². The first kappa shape index (κ1) is 17.7. The molecule has 0 aliphatic heterocycles. The number of rotatable bonds is 5. The van der Waals surface area contributed by atoms with Gasteiger partial charge in [-0.1, -0.05) is 60.2 Å². The van der Waals surface area contributed by atoms with Crippen LogP contribution >= 0.6 is 0 Å². The largest absolute Gasteiger partial charge is 0.454 e. The molecule has 138 valence electrons. The van der Waals surface area contributed by atoms with Crippen molar-refractivity contribution in [2.24, 2.45) is 0 Å². The lowest BCUT2D eigenvalue weighted by atomic mass is 10.1. The normalized spacial score (nSPS) is 10.8. The third kappa shape index (κ3) is 3.69. The summed E-state index contributed by atoms with van der Waals surface area (Å²) in [5.74, 6) is -0.0452. The molecule has 0 saturated heterocycles. The monoisotopic (exact) mass is 370 g/mol. The first-order valence-corrected chi connectivity index (χ1v) is 8.92. The first-order valence-electron chi connectivity index (χ1n) is 8.92. The van der Waals surface area contributed by atoms with Gasteiger partial charge >= 0.3 is 5.97 Å². The molecule has 28 heavy (non-hydrogen) atoms. The van der Waals surface area contributed by atoms with E-state index in [0.717, 1.165) is 28.0 Å². The van der Waals surface area contributed by atoms with Crippen molar-refractivity contribution in [1.82, 2.24) is 9.97 Å². The lowest BCUT2D eigenvalue weighted by Gasteiger charge is -2.05. The number of aromatic nitrogens is 2. The second-order valence-electron chi connectivity index (χ2n) is 6.55. The predicted molar refractivity (Wildman–Crippen MR) is 107 cm³/mol. The number of carbonyl (C=O) groups excluding carboxylic acids is 2. The van der Waals surface area contributed by atoms with Crippen LogP contribution in [0.3, 0.4) is 0 Å². The number of aromatic amines is 1. The van der Waals surface area contributed by atoms with E-state index in [1.807, 2.05) is 49.4 Å². The number of aryl methyl sites for hydroxylation is 1. The summed E-state index contributed by atoms with van der Waals surface area (Å²) in [5.41, 5.74) is 4.41. The summed E-state index contributed by atoms with van der Waals surface area (Å²) >= 11 is 0. The maximum atomic E-state index is 12.3. The van der Waals surface area contributed by atoms with E-state index in [1.54, 1.807) is 30.3 Å². The Kier molecular flexibility index (Phi) is 4.72. The summed E-state index contributed by atoms with van der Waals surface area (Å²) < 4.78 is 5.19. The van der Waals surface area contributed by atoms with E-state index < -0.39 is 5.97 Å². The standard InChI is InChI=1S/C23H18N2O3/c1-15-7-9-16(10-8-15)21(26)14-28-23(27)18-11-12-19-20(13-18)25-22(24-19)17-5-3-2-4-6-17/h2-13H,14H2,1H3,(H,24,25). The maximum Gasteiger partial charge on any atom is 0.338 e. The Morgan fingerprint density at radius 1 is 0.929 bits per heavy atom. The minimum absolute atomic E-state index is 0.234. The molecule has 1 heterocycles. The van der Waals surface area contributed by atoms with Gasteiger partial charge in [-0.2, -0.15) is 0 Å². The molecule has 0 aliphatic carbocycles. The van der Waals surface area contributed by atoms with Crippen molar-refractivity contribution < 1.29 is 14.3 Å². The van der Waals surface area contributed by atoms with Gasteiger partial charge < -0.3 is 9.72 Å². The fraction of sp³-hybridized carbons (Fsp3) is 0.0870. The van der Waals surface area contributed by atoms with Gasteiger partial charge in [0.1, 0.15) is 5.82 Å². The maximum absolute atomic E-state index is 12.3. The molecule has 0 saturated carbocycles. The van der Waals surface area contributed by atoms with Crippen molar-refractivity contribution in [3.8, 4) is 11.4 Å². The van der Waals surface area contributed by atoms with Crippen LogP contribution in [0.2, 0.25) is 0 Å². The Balaban J connectivity index is 1.48. The van der Waals surface area contributed by atoms with Crippen molar-refractivity contribution in [1.29, 1.82) is 0 Å². The van der Waals surface area contributed by atoms with E-state index >= 15 is 0 Å². The number of ether oxygens (including phenoxy) is 1. The highest BCUT2D eigenvalue weighted by molar-refractivity contribution is 6.00. The van der Waals surface area contributed by atoms with E-state index in [-0.39, 0.29) is 12.4 Å². The van der Waals surface area contributed by atoms with Gasteiger partial charge in [0.15, 0.2) is 12.4 Å². The number of nitrogens with zero attached hydrogens (tertiary/aromatic N) is 1. The highest BCUT2D eigenvalue weighted by Crippen LogP contribution is 2.21. The average Bonchev–Trinajstić information content (AvgIpc) is 3.16. The SMILES string of the molecule is Cc1ccc(C(=O)COC(=O)c2ccc3nc(-c4ccccc4)[nH]c3c2)cc1. The highest BCUT2D eigenvalue weighted by Gasteiger charge is 2.14. The van der Waals surface area contributed by atoms with Gasteiger partial charge in [-0.05, 0) is 25.1 Å². The molecule has 5 nitrogen and oxygen atoms in total. The zero-order valence-corrected chi connectivity index (χ0v) is 15.3. The van der Waals surface area contributed by atoms with E-state index in [1.165, 1.54) is 0 Å². The van der Waals surface area contributed by atoms with Crippen LogP contribution in [-0.4, -0.2) is 28.3 Å². The summed E-state index contributed by atoms with van der Waals surface area (Å²) in [4.78, 5) is 32.3. The lowest BCUT2D eigenvalue weighted by molar-refractivity contribution is 0.0475. The third-order valence-corrected chi connectivity index (χ3v) is 4.47. The van der Waals surface area contributed by atoms with E-state index in [4.69, 9.17) is 4.74 Å². The summed E-state index contributed by atoms with van der Waals surface area (Å²) in [7, 11) is 0. The number of imidazole rings is 1. The second kappa shape index (κ2) is 7.48. The summed E-state index contributed by atoms with van der Waals surface area (Å²) in [6, 6.07) is 22.0. The molecular weight excluding hydrogens is 352 g/mol. The average molecular weight is 370 g/mol. The number of fused-ring (bicyclic) bond motifs is 1. The van der Waals surface area contributed by atoms with Gasteiger partial charge in [0, 0.05) is 11.1 Å². The fourth-order valence-electron chi connectivity index (χ4n) is 2.91. The molecule has 1 aromatic heterocycles. The number of nitrogens with one attached hydrogen (secondary N) is 1. The molecule has 3 aromatic carbocycles.